The molecule has 2 N–H and O–H groups in total. The molecule has 41 heavy (non-hydrogen) atoms. The number of carbonyl (C=O) groups is 3. The molecule has 0 fully saturated rings. The number of hydrogen-bond donors (Lipinski definition) is 2. The van der Waals surface area contributed by atoms with Gasteiger partial charge in [-0.3, -0.25) is 4.79 Å². The van der Waals surface area contributed by atoms with Crippen molar-refractivity contribution < 1.29 is 28.6 Å². The molecule has 2 atom stereocenters. The summed E-state index contributed by atoms with van der Waals surface area (Å²) in [5.74, 6) is -0.0661. The first-order chi connectivity index (χ1) is 20.0. The Labute approximate surface area is 239 Å². The molecule has 0 heterocycles. The maximum Gasteiger partial charge on any atom is 0.514 e. The Morgan fingerprint density at radius 2 is 1.17 bits per heavy atom. The van der Waals surface area contributed by atoms with E-state index in [1.54, 1.807) is 24.3 Å². The van der Waals surface area contributed by atoms with Gasteiger partial charge in [-0.2, -0.15) is 0 Å². The molecule has 0 saturated carbocycles. The maximum absolute atomic E-state index is 13.3. The summed E-state index contributed by atoms with van der Waals surface area (Å²) in [4.78, 5) is 38.0. The third-order valence-electron chi connectivity index (χ3n) is 6.24. The van der Waals surface area contributed by atoms with E-state index in [0.29, 0.717) is 5.75 Å². The third kappa shape index (κ3) is 9.54. The normalized spacial score (nSPS) is 11.9. The predicted octanol–water partition coefficient (Wildman–Crippen LogP) is 6.12. The standard InChI is InChI=1S/C33H32N2O6/c1-24(28-15-9-4-10-16-28)34-31(36)30(35-32(37)39-22-26-11-5-2-6-12-26)21-25-17-19-29(20-18-25)41-33(38)40-23-27-13-7-3-8-14-27/h2-20,24,30H,21-23H2,1H3,(H,34,36)(H,35,37)/t24-,30+/m0/s1. The van der Waals surface area contributed by atoms with E-state index in [4.69, 9.17) is 14.2 Å². The van der Waals surface area contributed by atoms with Crippen LogP contribution in [0.4, 0.5) is 9.59 Å². The second kappa shape index (κ2) is 14.9. The van der Waals surface area contributed by atoms with Gasteiger partial charge >= 0.3 is 12.2 Å². The molecule has 0 spiro atoms. The number of rotatable bonds is 11. The molecule has 0 saturated heterocycles. The van der Waals surface area contributed by atoms with Gasteiger partial charge in [0.2, 0.25) is 5.91 Å². The smallest absolute Gasteiger partial charge is 0.445 e. The van der Waals surface area contributed by atoms with Gasteiger partial charge in [0.15, 0.2) is 0 Å². The Balaban J connectivity index is 1.37. The topological polar surface area (TPSA) is 103 Å². The van der Waals surface area contributed by atoms with Crippen LogP contribution in [0.1, 0.15) is 35.2 Å². The van der Waals surface area contributed by atoms with Gasteiger partial charge in [-0.1, -0.05) is 103 Å². The molecule has 4 aromatic carbocycles. The number of nitrogens with one attached hydrogen (secondary N) is 2. The minimum atomic E-state index is -0.910. The van der Waals surface area contributed by atoms with Crippen molar-refractivity contribution >= 4 is 18.2 Å². The molecule has 8 heteroatoms. The number of hydrogen-bond acceptors (Lipinski definition) is 6. The summed E-state index contributed by atoms with van der Waals surface area (Å²) >= 11 is 0. The van der Waals surface area contributed by atoms with E-state index in [9.17, 15) is 14.4 Å². The summed E-state index contributed by atoms with van der Waals surface area (Å²) in [5, 5.41) is 5.66. The van der Waals surface area contributed by atoms with Gasteiger partial charge in [0.25, 0.3) is 0 Å². The van der Waals surface area contributed by atoms with E-state index < -0.39 is 18.3 Å². The zero-order chi connectivity index (χ0) is 28.9. The molecular weight excluding hydrogens is 520 g/mol. The van der Waals surface area contributed by atoms with Crippen molar-refractivity contribution in [3.05, 3.63) is 138 Å². The Morgan fingerprint density at radius 1 is 0.634 bits per heavy atom. The Hall–Kier alpha value is -5.11. The lowest BCUT2D eigenvalue weighted by Crippen LogP contribution is -2.48. The van der Waals surface area contributed by atoms with Crippen LogP contribution in [0, 0.1) is 0 Å². The lowest BCUT2D eigenvalue weighted by molar-refractivity contribution is -0.123. The van der Waals surface area contributed by atoms with E-state index in [2.05, 4.69) is 10.6 Å². The van der Waals surface area contributed by atoms with E-state index >= 15 is 0 Å². The number of amides is 2. The van der Waals surface area contributed by atoms with Crippen LogP contribution in [0.15, 0.2) is 115 Å². The number of benzene rings is 4. The van der Waals surface area contributed by atoms with Gasteiger partial charge in [0, 0.05) is 6.42 Å². The molecule has 4 rings (SSSR count). The summed E-state index contributed by atoms with van der Waals surface area (Å²) in [5.41, 5.74) is 3.36. The summed E-state index contributed by atoms with van der Waals surface area (Å²) < 4.78 is 15.8. The highest BCUT2D eigenvalue weighted by Gasteiger charge is 2.24. The van der Waals surface area contributed by atoms with Gasteiger partial charge in [0.1, 0.15) is 25.0 Å². The van der Waals surface area contributed by atoms with Crippen LogP contribution < -0.4 is 15.4 Å². The maximum atomic E-state index is 13.3. The van der Waals surface area contributed by atoms with Crippen molar-refractivity contribution in [3.63, 3.8) is 0 Å². The van der Waals surface area contributed by atoms with Crippen LogP contribution in [0.5, 0.6) is 5.75 Å². The molecule has 0 unspecified atom stereocenters. The van der Waals surface area contributed by atoms with Crippen LogP contribution >= 0.6 is 0 Å². The van der Waals surface area contributed by atoms with Crippen molar-refractivity contribution in [2.45, 2.75) is 38.6 Å². The number of alkyl carbamates (subject to hydrolysis) is 1. The molecule has 8 nitrogen and oxygen atoms in total. The van der Waals surface area contributed by atoms with Crippen LogP contribution in [-0.4, -0.2) is 24.2 Å². The van der Waals surface area contributed by atoms with Crippen molar-refractivity contribution in [2.24, 2.45) is 0 Å². The van der Waals surface area contributed by atoms with Crippen LogP contribution in [-0.2, 0) is 33.9 Å². The number of ether oxygens (including phenoxy) is 3. The highest BCUT2D eigenvalue weighted by atomic mass is 16.7. The fourth-order valence-electron chi connectivity index (χ4n) is 4.03. The highest BCUT2D eigenvalue weighted by Crippen LogP contribution is 2.16. The fourth-order valence-corrected chi connectivity index (χ4v) is 4.03. The molecule has 0 bridgehead atoms. The zero-order valence-electron chi connectivity index (χ0n) is 22.7. The van der Waals surface area contributed by atoms with Gasteiger partial charge in [-0.05, 0) is 41.3 Å². The van der Waals surface area contributed by atoms with Crippen molar-refractivity contribution in [3.8, 4) is 5.75 Å². The minimum absolute atomic E-state index is 0.0772. The largest absolute Gasteiger partial charge is 0.514 e. The minimum Gasteiger partial charge on any atom is -0.445 e. The highest BCUT2D eigenvalue weighted by molar-refractivity contribution is 5.86. The Kier molecular flexibility index (Phi) is 10.5. The average molecular weight is 553 g/mol. The van der Waals surface area contributed by atoms with Gasteiger partial charge in [-0.25, -0.2) is 9.59 Å². The zero-order valence-corrected chi connectivity index (χ0v) is 22.7. The van der Waals surface area contributed by atoms with E-state index in [1.165, 1.54) is 0 Å². The lowest BCUT2D eigenvalue weighted by Gasteiger charge is -2.22. The first-order valence-electron chi connectivity index (χ1n) is 13.3. The fraction of sp³-hybridized carbons (Fsp3) is 0.182. The van der Waals surface area contributed by atoms with E-state index in [-0.39, 0.29) is 31.6 Å². The quantitative estimate of drug-likeness (QED) is 0.172. The molecule has 4 aromatic rings. The molecular formula is C33H32N2O6. The first-order valence-corrected chi connectivity index (χ1v) is 13.3. The number of carbonyl (C=O) groups excluding carboxylic acids is 3. The lowest BCUT2D eigenvalue weighted by atomic mass is 10.0. The van der Waals surface area contributed by atoms with Crippen molar-refractivity contribution in [1.82, 2.24) is 10.6 Å². The average Bonchev–Trinajstić information content (AvgIpc) is 3.01. The molecule has 0 aromatic heterocycles. The molecule has 0 aliphatic rings. The second-order valence-corrected chi connectivity index (χ2v) is 9.37. The van der Waals surface area contributed by atoms with Gasteiger partial charge in [-0.15, -0.1) is 0 Å². The molecule has 0 aliphatic heterocycles. The third-order valence-corrected chi connectivity index (χ3v) is 6.24. The summed E-state index contributed by atoms with van der Waals surface area (Å²) in [6.07, 6.45) is -1.34. The van der Waals surface area contributed by atoms with Crippen LogP contribution in [0.3, 0.4) is 0 Å². The molecule has 0 radical (unpaired) electrons. The molecule has 210 valence electrons. The Morgan fingerprint density at radius 3 is 1.76 bits per heavy atom. The predicted molar refractivity (Wildman–Crippen MR) is 154 cm³/mol. The summed E-state index contributed by atoms with van der Waals surface area (Å²) in [6.45, 7) is 2.05. The van der Waals surface area contributed by atoms with Gasteiger partial charge < -0.3 is 24.8 Å². The van der Waals surface area contributed by atoms with Crippen LogP contribution in [0.25, 0.3) is 0 Å². The second-order valence-electron chi connectivity index (χ2n) is 9.37. The van der Waals surface area contributed by atoms with Crippen molar-refractivity contribution in [2.75, 3.05) is 0 Å². The summed E-state index contributed by atoms with van der Waals surface area (Å²) in [6, 6.07) is 33.6. The van der Waals surface area contributed by atoms with E-state index in [1.807, 2.05) is 97.9 Å². The first kappa shape index (κ1) is 28.9. The molecule has 2 amide bonds. The van der Waals surface area contributed by atoms with Crippen molar-refractivity contribution in [1.29, 1.82) is 0 Å². The summed E-state index contributed by atoms with van der Waals surface area (Å²) in [7, 11) is 0. The van der Waals surface area contributed by atoms with Gasteiger partial charge in [0.05, 0.1) is 6.04 Å². The Bertz CT molecular complexity index is 1400. The SMILES string of the molecule is C[C@H](NC(=O)[C@@H](Cc1ccc(OC(=O)OCc2ccccc2)cc1)NC(=O)OCc1ccccc1)c1ccccc1. The molecule has 0 aliphatic carbocycles. The van der Waals surface area contributed by atoms with E-state index in [0.717, 1.165) is 22.3 Å². The monoisotopic (exact) mass is 552 g/mol. The van der Waals surface area contributed by atoms with Crippen LogP contribution in [0.2, 0.25) is 0 Å².